The highest BCUT2D eigenvalue weighted by Crippen LogP contribution is 2.16. The monoisotopic (exact) mass is 226 g/mol. The number of hydrogen-bond acceptors (Lipinski definition) is 3. The molecule has 0 saturated heterocycles. The molecule has 1 atom stereocenters. The van der Waals surface area contributed by atoms with Gasteiger partial charge in [0.1, 0.15) is 23.5 Å². The third kappa shape index (κ3) is 3.76. The molecule has 0 amide bonds. The van der Waals surface area contributed by atoms with Crippen molar-refractivity contribution in [1.29, 1.82) is 0 Å². The van der Waals surface area contributed by atoms with Crippen LogP contribution in [0, 0.1) is 5.82 Å². The molecule has 1 aromatic carbocycles. The Morgan fingerprint density at radius 3 is 2.94 bits per heavy atom. The summed E-state index contributed by atoms with van der Waals surface area (Å²) in [5.41, 5.74) is 5.38. The van der Waals surface area contributed by atoms with E-state index in [0.717, 1.165) is 0 Å². The molecule has 0 heterocycles. The second-order valence-electron chi connectivity index (χ2n) is 3.40. The highest BCUT2D eigenvalue weighted by atomic mass is 19.1. The predicted octanol–water partition coefficient (Wildman–Crippen LogP) is 2.12. The summed E-state index contributed by atoms with van der Waals surface area (Å²) in [6.45, 7) is 1.91. The van der Waals surface area contributed by atoms with Crippen molar-refractivity contribution in [3.05, 3.63) is 30.1 Å². The lowest BCUT2D eigenvalue weighted by Gasteiger charge is -2.16. The maximum absolute atomic E-state index is 12.9. The van der Waals surface area contributed by atoms with E-state index in [-0.39, 0.29) is 17.8 Å². The highest BCUT2D eigenvalue weighted by molar-refractivity contribution is 5.80. The maximum Gasteiger partial charge on any atom is 0.142 e. The number of halogens is 1. The number of hydrogen-bond donors (Lipinski definition) is 2. The summed E-state index contributed by atoms with van der Waals surface area (Å²) in [6, 6.07) is 5.88. The summed E-state index contributed by atoms with van der Waals surface area (Å²) in [5.74, 6) is 0.192. The van der Waals surface area contributed by atoms with E-state index in [1.165, 1.54) is 12.1 Å². The Bertz CT molecular complexity index is 369. The number of rotatable bonds is 5. The van der Waals surface area contributed by atoms with Crippen LogP contribution in [0.2, 0.25) is 0 Å². The molecule has 1 unspecified atom stereocenters. The molecule has 0 spiro atoms. The summed E-state index contributed by atoms with van der Waals surface area (Å²) in [6.07, 6.45) is 0.772. The molecule has 16 heavy (non-hydrogen) atoms. The quantitative estimate of drug-likeness (QED) is 0.350. The average Bonchev–Trinajstić information content (AvgIpc) is 2.28. The third-order valence-corrected chi connectivity index (χ3v) is 2.12. The van der Waals surface area contributed by atoms with Crippen molar-refractivity contribution in [2.75, 3.05) is 0 Å². The first-order chi connectivity index (χ1) is 7.65. The molecule has 0 bridgehead atoms. The average molecular weight is 226 g/mol. The first-order valence-electron chi connectivity index (χ1n) is 5.04. The Balaban J connectivity index is 2.63. The summed E-state index contributed by atoms with van der Waals surface area (Å²) in [5, 5.41) is 11.3. The Labute approximate surface area is 93.5 Å². The molecular formula is C11H15FN2O2. The van der Waals surface area contributed by atoms with Gasteiger partial charge in [-0.3, -0.25) is 0 Å². The Kier molecular flexibility index (Phi) is 4.57. The zero-order chi connectivity index (χ0) is 12.0. The fourth-order valence-corrected chi connectivity index (χ4v) is 1.28. The van der Waals surface area contributed by atoms with Crippen molar-refractivity contribution in [2.24, 2.45) is 10.9 Å². The zero-order valence-electron chi connectivity index (χ0n) is 9.06. The molecule has 3 N–H and O–H groups in total. The standard InChI is InChI=1S/C11H15FN2O2/c1-2-9(7-11(13)14-15)16-10-5-3-4-8(12)6-10/h3-6,9,15H,2,7H2,1H3,(H2,13,14). The number of oxime groups is 1. The van der Waals surface area contributed by atoms with Gasteiger partial charge in [0.25, 0.3) is 0 Å². The molecule has 0 radical (unpaired) electrons. The molecule has 4 nitrogen and oxygen atoms in total. The van der Waals surface area contributed by atoms with E-state index >= 15 is 0 Å². The maximum atomic E-state index is 12.9. The molecule has 0 saturated carbocycles. The molecule has 0 aliphatic carbocycles. The number of nitrogens with zero attached hydrogens (tertiary/aromatic N) is 1. The number of ether oxygens (including phenoxy) is 1. The Hall–Kier alpha value is -1.78. The van der Waals surface area contributed by atoms with Crippen molar-refractivity contribution in [3.63, 3.8) is 0 Å². The lowest BCUT2D eigenvalue weighted by Crippen LogP contribution is -2.24. The number of nitrogens with two attached hydrogens (primary N) is 1. The molecule has 0 fully saturated rings. The minimum atomic E-state index is -0.351. The smallest absolute Gasteiger partial charge is 0.142 e. The van der Waals surface area contributed by atoms with Crippen LogP contribution in [0.25, 0.3) is 0 Å². The van der Waals surface area contributed by atoms with E-state index in [1.54, 1.807) is 12.1 Å². The van der Waals surface area contributed by atoms with Gasteiger partial charge in [-0.25, -0.2) is 4.39 Å². The largest absolute Gasteiger partial charge is 0.490 e. The zero-order valence-corrected chi connectivity index (χ0v) is 9.06. The van der Waals surface area contributed by atoms with Gasteiger partial charge in [0, 0.05) is 12.5 Å². The SMILES string of the molecule is CCC(C/C(N)=N/O)Oc1cccc(F)c1. The van der Waals surface area contributed by atoms with Crippen LogP contribution in [0.4, 0.5) is 4.39 Å². The molecule has 1 aromatic rings. The van der Waals surface area contributed by atoms with Gasteiger partial charge in [-0.15, -0.1) is 0 Å². The highest BCUT2D eigenvalue weighted by Gasteiger charge is 2.11. The third-order valence-electron chi connectivity index (χ3n) is 2.12. The van der Waals surface area contributed by atoms with Crippen molar-refractivity contribution >= 4 is 5.84 Å². The minimum absolute atomic E-state index is 0.100. The van der Waals surface area contributed by atoms with E-state index < -0.39 is 0 Å². The number of benzene rings is 1. The first-order valence-corrected chi connectivity index (χ1v) is 5.04. The minimum Gasteiger partial charge on any atom is -0.490 e. The van der Waals surface area contributed by atoms with Crippen LogP contribution in [0.5, 0.6) is 5.75 Å². The second kappa shape index (κ2) is 5.95. The molecule has 5 heteroatoms. The van der Waals surface area contributed by atoms with Crippen molar-refractivity contribution in [1.82, 2.24) is 0 Å². The van der Waals surface area contributed by atoms with E-state index in [9.17, 15) is 4.39 Å². The number of amidine groups is 1. The normalized spacial score (nSPS) is 13.5. The van der Waals surface area contributed by atoms with Gasteiger partial charge in [-0.1, -0.05) is 18.1 Å². The van der Waals surface area contributed by atoms with Gasteiger partial charge in [0.15, 0.2) is 0 Å². The summed E-state index contributed by atoms with van der Waals surface area (Å²) in [4.78, 5) is 0. The topological polar surface area (TPSA) is 67.8 Å². The van der Waals surface area contributed by atoms with Gasteiger partial charge in [0.2, 0.25) is 0 Å². The summed E-state index contributed by atoms with van der Waals surface area (Å²) >= 11 is 0. The van der Waals surface area contributed by atoms with Crippen LogP contribution in [0.15, 0.2) is 29.4 Å². The van der Waals surface area contributed by atoms with Crippen LogP contribution < -0.4 is 10.5 Å². The molecule has 0 aliphatic heterocycles. The lowest BCUT2D eigenvalue weighted by atomic mass is 10.2. The molecule has 0 aliphatic rings. The van der Waals surface area contributed by atoms with Gasteiger partial charge >= 0.3 is 0 Å². The first kappa shape index (κ1) is 12.3. The molecule has 88 valence electrons. The van der Waals surface area contributed by atoms with Gasteiger partial charge in [-0.2, -0.15) is 0 Å². The predicted molar refractivity (Wildman–Crippen MR) is 59.1 cm³/mol. The Morgan fingerprint density at radius 1 is 1.62 bits per heavy atom. The summed E-state index contributed by atoms with van der Waals surface area (Å²) in [7, 11) is 0. The lowest BCUT2D eigenvalue weighted by molar-refractivity contribution is 0.201. The van der Waals surface area contributed by atoms with Gasteiger partial charge < -0.3 is 15.7 Å². The van der Waals surface area contributed by atoms with Crippen molar-refractivity contribution in [2.45, 2.75) is 25.9 Å². The van der Waals surface area contributed by atoms with Crippen LogP contribution in [0.3, 0.4) is 0 Å². The van der Waals surface area contributed by atoms with Crippen molar-refractivity contribution < 1.29 is 14.3 Å². The van der Waals surface area contributed by atoms with E-state index in [2.05, 4.69) is 5.16 Å². The van der Waals surface area contributed by atoms with E-state index in [0.29, 0.717) is 18.6 Å². The van der Waals surface area contributed by atoms with Crippen LogP contribution in [-0.4, -0.2) is 17.1 Å². The van der Waals surface area contributed by atoms with Crippen LogP contribution >= 0.6 is 0 Å². The van der Waals surface area contributed by atoms with E-state index in [1.807, 2.05) is 6.92 Å². The summed E-state index contributed by atoms with van der Waals surface area (Å²) < 4.78 is 18.4. The van der Waals surface area contributed by atoms with Crippen LogP contribution in [0.1, 0.15) is 19.8 Å². The molecule has 0 aromatic heterocycles. The Morgan fingerprint density at radius 2 is 2.38 bits per heavy atom. The van der Waals surface area contributed by atoms with E-state index in [4.69, 9.17) is 15.7 Å². The van der Waals surface area contributed by atoms with Gasteiger partial charge in [0.05, 0.1) is 0 Å². The van der Waals surface area contributed by atoms with Gasteiger partial charge in [-0.05, 0) is 18.6 Å². The van der Waals surface area contributed by atoms with Crippen LogP contribution in [-0.2, 0) is 0 Å². The second-order valence-corrected chi connectivity index (χ2v) is 3.40. The van der Waals surface area contributed by atoms with Crippen molar-refractivity contribution in [3.8, 4) is 5.75 Å². The molecule has 1 rings (SSSR count). The fraction of sp³-hybridized carbons (Fsp3) is 0.364. The fourth-order valence-electron chi connectivity index (χ4n) is 1.28. The molecular weight excluding hydrogens is 211 g/mol.